The molecule has 1 aliphatic rings. The number of nitriles is 1. The third-order valence-electron chi connectivity index (χ3n) is 3.50. The van der Waals surface area contributed by atoms with E-state index in [0.717, 1.165) is 30.8 Å². The van der Waals surface area contributed by atoms with Crippen molar-refractivity contribution in [2.24, 2.45) is 5.92 Å². The van der Waals surface area contributed by atoms with Crippen molar-refractivity contribution in [3.8, 4) is 6.07 Å². The first-order valence-electron chi connectivity index (χ1n) is 5.86. The summed E-state index contributed by atoms with van der Waals surface area (Å²) in [6.45, 7) is 4.86. The van der Waals surface area contributed by atoms with Crippen molar-refractivity contribution in [1.82, 2.24) is 15.5 Å². The molecule has 2 atom stereocenters. The maximum absolute atomic E-state index is 8.99. The molecule has 1 aliphatic carbocycles. The number of aromatic amines is 1. The Hall–Kier alpha value is -1.34. The van der Waals surface area contributed by atoms with Crippen LogP contribution < -0.4 is 5.32 Å². The molecule has 1 aromatic heterocycles. The highest BCUT2D eigenvalue weighted by molar-refractivity contribution is 5.23. The summed E-state index contributed by atoms with van der Waals surface area (Å²) in [5.41, 5.74) is 3.41. The van der Waals surface area contributed by atoms with Crippen LogP contribution in [0.15, 0.2) is 0 Å². The number of hydrogen-bond acceptors (Lipinski definition) is 3. The van der Waals surface area contributed by atoms with Crippen LogP contribution in [0.3, 0.4) is 0 Å². The van der Waals surface area contributed by atoms with Gasteiger partial charge in [-0.3, -0.25) is 5.10 Å². The zero-order valence-corrected chi connectivity index (χ0v) is 9.88. The van der Waals surface area contributed by atoms with Gasteiger partial charge in [-0.25, -0.2) is 0 Å². The van der Waals surface area contributed by atoms with Gasteiger partial charge in [0.2, 0.25) is 0 Å². The van der Waals surface area contributed by atoms with Gasteiger partial charge in [-0.05, 0) is 26.7 Å². The van der Waals surface area contributed by atoms with Crippen molar-refractivity contribution in [2.45, 2.75) is 45.7 Å². The van der Waals surface area contributed by atoms with Gasteiger partial charge in [-0.2, -0.15) is 10.4 Å². The summed E-state index contributed by atoms with van der Waals surface area (Å²) in [5.74, 6) is 0.188. The van der Waals surface area contributed by atoms with Crippen molar-refractivity contribution >= 4 is 0 Å². The second-order valence-electron chi connectivity index (χ2n) is 4.57. The molecule has 16 heavy (non-hydrogen) atoms. The van der Waals surface area contributed by atoms with Gasteiger partial charge in [-0.1, -0.05) is 6.42 Å². The van der Waals surface area contributed by atoms with E-state index in [1.165, 1.54) is 12.0 Å². The summed E-state index contributed by atoms with van der Waals surface area (Å²) in [7, 11) is 0. The van der Waals surface area contributed by atoms with E-state index in [-0.39, 0.29) is 5.92 Å². The van der Waals surface area contributed by atoms with Gasteiger partial charge < -0.3 is 5.32 Å². The van der Waals surface area contributed by atoms with E-state index in [9.17, 15) is 0 Å². The van der Waals surface area contributed by atoms with Gasteiger partial charge in [0.25, 0.3) is 0 Å². The highest BCUT2D eigenvalue weighted by atomic mass is 15.1. The first-order chi connectivity index (χ1) is 7.72. The van der Waals surface area contributed by atoms with Gasteiger partial charge in [0, 0.05) is 23.8 Å². The number of nitrogens with zero attached hydrogens (tertiary/aromatic N) is 2. The van der Waals surface area contributed by atoms with Crippen LogP contribution in [0.5, 0.6) is 0 Å². The summed E-state index contributed by atoms with van der Waals surface area (Å²) >= 11 is 0. The van der Waals surface area contributed by atoms with Crippen LogP contribution in [0.25, 0.3) is 0 Å². The summed E-state index contributed by atoms with van der Waals surface area (Å²) in [5, 5.41) is 19.6. The minimum absolute atomic E-state index is 0.188. The molecule has 0 spiro atoms. The average molecular weight is 218 g/mol. The minimum atomic E-state index is 0.188. The number of nitrogens with one attached hydrogen (secondary N) is 2. The van der Waals surface area contributed by atoms with E-state index < -0.39 is 0 Å². The number of aryl methyl sites for hydroxylation is 2. The molecule has 0 saturated heterocycles. The Morgan fingerprint density at radius 2 is 2.31 bits per heavy atom. The molecule has 0 amide bonds. The maximum atomic E-state index is 8.99. The molecule has 1 fully saturated rings. The topological polar surface area (TPSA) is 64.5 Å². The van der Waals surface area contributed by atoms with Crippen LogP contribution in [0.2, 0.25) is 0 Å². The predicted octanol–water partition coefficient (Wildman–Crippen LogP) is 1.81. The molecule has 4 nitrogen and oxygen atoms in total. The standard InChI is InChI=1S/C12H18N4/c1-8-11(9(2)16-15-8)7-14-12-5-3-4-10(12)6-13/h10,12,14H,3-5,7H2,1-2H3,(H,15,16). The third kappa shape index (κ3) is 2.10. The Morgan fingerprint density at radius 3 is 2.94 bits per heavy atom. The molecule has 0 bridgehead atoms. The average Bonchev–Trinajstić information content (AvgIpc) is 2.84. The van der Waals surface area contributed by atoms with Crippen molar-refractivity contribution < 1.29 is 0 Å². The Kier molecular flexibility index (Phi) is 3.25. The molecule has 86 valence electrons. The fraction of sp³-hybridized carbons (Fsp3) is 0.667. The van der Waals surface area contributed by atoms with Gasteiger partial charge in [-0.15, -0.1) is 0 Å². The highest BCUT2D eigenvalue weighted by Gasteiger charge is 2.26. The summed E-state index contributed by atoms with van der Waals surface area (Å²) in [6.07, 6.45) is 3.32. The van der Waals surface area contributed by atoms with Gasteiger partial charge in [0.05, 0.1) is 17.7 Å². The van der Waals surface area contributed by atoms with Crippen LogP contribution in [-0.4, -0.2) is 16.2 Å². The summed E-state index contributed by atoms with van der Waals surface area (Å²) in [6, 6.07) is 2.75. The normalized spacial score (nSPS) is 24.6. The van der Waals surface area contributed by atoms with Crippen LogP contribution in [-0.2, 0) is 6.54 Å². The van der Waals surface area contributed by atoms with E-state index in [4.69, 9.17) is 5.26 Å². The smallest absolute Gasteiger partial charge is 0.0672 e. The van der Waals surface area contributed by atoms with Crippen LogP contribution >= 0.6 is 0 Å². The monoisotopic (exact) mass is 218 g/mol. The number of aromatic nitrogens is 2. The summed E-state index contributed by atoms with van der Waals surface area (Å²) < 4.78 is 0. The molecule has 0 aliphatic heterocycles. The second-order valence-corrected chi connectivity index (χ2v) is 4.57. The summed E-state index contributed by atoms with van der Waals surface area (Å²) in [4.78, 5) is 0. The Morgan fingerprint density at radius 1 is 1.50 bits per heavy atom. The maximum Gasteiger partial charge on any atom is 0.0672 e. The predicted molar refractivity (Wildman–Crippen MR) is 61.6 cm³/mol. The number of rotatable bonds is 3. The Bertz CT molecular complexity index is 382. The Labute approximate surface area is 96.0 Å². The van der Waals surface area contributed by atoms with Crippen LogP contribution in [0.1, 0.15) is 36.2 Å². The molecular formula is C12H18N4. The fourth-order valence-electron chi connectivity index (χ4n) is 2.43. The highest BCUT2D eigenvalue weighted by Crippen LogP contribution is 2.25. The van der Waals surface area contributed by atoms with Gasteiger partial charge in [0.15, 0.2) is 0 Å². The first kappa shape index (κ1) is 11.2. The number of hydrogen-bond donors (Lipinski definition) is 2. The van der Waals surface area contributed by atoms with Crippen LogP contribution in [0, 0.1) is 31.1 Å². The van der Waals surface area contributed by atoms with Crippen molar-refractivity contribution in [3.05, 3.63) is 17.0 Å². The largest absolute Gasteiger partial charge is 0.308 e. The second kappa shape index (κ2) is 4.67. The SMILES string of the molecule is Cc1n[nH]c(C)c1CNC1CCCC1C#N. The molecule has 1 heterocycles. The molecule has 1 saturated carbocycles. The van der Waals surface area contributed by atoms with Gasteiger partial charge >= 0.3 is 0 Å². The third-order valence-corrected chi connectivity index (χ3v) is 3.50. The van der Waals surface area contributed by atoms with E-state index >= 15 is 0 Å². The molecule has 2 rings (SSSR count). The quantitative estimate of drug-likeness (QED) is 0.813. The molecule has 0 aromatic carbocycles. The number of H-pyrrole nitrogens is 1. The van der Waals surface area contributed by atoms with E-state index in [1.807, 2.05) is 13.8 Å². The van der Waals surface area contributed by atoms with E-state index in [2.05, 4.69) is 21.6 Å². The minimum Gasteiger partial charge on any atom is -0.308 e. The lowest BCUT2D eigenvalue weighted by Crippen LogP contribution is -2.31. The molecule has 2 N–H and O–H groups in total. The molecule has 0 radical (unpaired) electrons. The fourth-order valence-corrected chi connectivity index (χ4v) is 2.43. The molecule has 1 aromatic rings. The van der Waals surface area contributed by atoms with Crippen LogP contribution in [0.4, 0.5) is 0 Å². The zero-order valence-electron chi connectivity index (χ0n) is 9.88. The van der Waals surface area contributed by atoms with Crippen molar-refractivity contribution in [1.29, 1.82) is 5.26 Å². The lowest BCUT2D eigenvalue weighted by molar-refractivity contribution is 0.463. The Balaban J connectivity index is 1.95. The molecule has 2 unspecified atom stereocenters. The zero-order chi connectivity index (χ0) is 11.5. The van der Waals surface area contributed by atoms with Gasteiger partial charge in [0.1, 0.15) is 0 Å². The lowest BCUT2D eigenvalue weighted by atomic mass is 10.1. The molecule has 4 heteroatoms. The van der Waals surface area contributed by atoms with E-state index in [1.54, 1.807) is 0 Å². The van der Waals surface area contributed by atoms with Crippen molar-refractivity contribution in [3.63, 3.8) is 0 Å². The van der Waals surface area contributed by atoms with Crippen molar-refractivity contribution in [2.75, 3.05) is 0 Å². The van der Waals surface area contributed by atoms with E-state index in [0.29, 0.717) is 6.04 Å². The lowest BCUT2D eigenvalue weighted by Gasteiger charge is -2.15. The first-order valence-corrected chi connectivity index (χ1v) is 5.86. The molecular weight excluding hydrogens is 200 g/mol.